The fraction of sp³-hybridized carbons (Fsp3) is 0.350. The van der Waals surface area contributed by atoms with Crippen molar-refractivity contribution in [1.29, 1.82) is 0 Å². The summed E-state index contributed by atoms with van der Waals surface area (Å²) in [6.07, 6.45) is -2.58. The largest absolute Gasteiger partial charge is 0.491 e. The van der Waals surface area contributed by atoms with Gasteiger partial charge in [-0.1, -0.05) is 18.2 Å². The molecule has 2 rings (SSSR count). The molecule has 27 heavy (non-hydrogen) atoms. The minimum absolute atomic E-state index is 0.126. The van der Waals surface area contributed by atoms with Gasteiger partial charge in [-0.3, -0.25) is 0 Å². The first-order chi connectivity index (χ1) is 12.7. The Morgan fingerprint density at radius 1 is 1.11 bits per heavy atom. The van der Waals surface area contributed by atoms with Crippen molar-refractivity contribution < 1.29 is 17.9 Å². The zero-order chi connectivity index (χ0) is 19.9. The number of alkyl halides is 3. The predicted octanol–water partition coefficient (Wildman–Crippen LogP) is 5.41. The summed E-state index contributed by atoms with van der Waals surface area (Å²) in [6, 6.07) is 12.9. The quantitative estimate of drug-likeness (QED) is 0.484. The smallest absolute Gasteiger partial charge is 0.416 e. The van der Waals surface area contributed by atoms with Crippen molar-refractivity contribution in [3.63, 3.8) is 0 Å². The number of halogens is 3. The highest BCUT2D eigenvalue weighted by atomic mass is 32.1. The summed E-state index contributed by atoms with van der Waals surface area (Å²) in [6.45, 7) is 4.57. The number of benzene rings is 2. The Morgan fingerprint density at radius 2 is 1.85 bits per heavy atom. The normalized spacial score (nSPS) is 11.3. The van der Waals surface area contributed by atoms with E-state index >= 15 is 0 Å². The van der Waals surface area contributed by atoms with Crippen molar-refractivity contribution in [3.8, 4) is 5.75 Å². The lowest BCUT2D eigenvalue weighted by atomic mass is 10.1. The van der Waals surface area contributed by atoms with Crippen molar-refractivity contribution in [1.82, 2.24) is 5.32 Å². The fourth-order valence-electron chi connectivity index (χ4n) is 2.49. The van der Waals surface area contributed by atoms with E-state index in [2.05, 4.69) is 10.6 Å². The van der Waals surface area contributed by atoms with E-state index < -0.39 is 11.7 Å². The molecular weight excluding hydrogens is 373 g/mol. The predicted molar refractivity (Wildman–Crippen MR) is 106 cm³/mol. The van der Waals surface area contributed by atoms with Crippen molar-refractivity contribution in [3.05, 3.63) is 59.7 Å². The molecule has 0 aliphatic carbocycles. The topological polar surface area (TPSA) is 33.3 Å². The van der Waals surface area contributed by atoms with E-state index in [-0.39, 0.29) is 6.10 Å². The molecule has 0 spiro atoms. The first kappa shape index (κ1) is 21.0. The Morgan fingerprint density at radius 3 is 2.56 bits per heavy atom. The number of ether oxygens (including phenoxy) is 1. The average molecular weight is 396 g/mol. The van der Waals surface area contributed by atoms with Gasteiger partial charge in [0.1, 0.15) is 5.75 Å². The van der Waals surface area contributed by atoms with Crippen LogP contribution in [0.25, 0.3) is 0 Å². The summed E-state index contributed by atoms with van der Waals surface area (Å²) >= 11 is 5.15. The molecule has 0 radical (unpaired) electrons. The number of hydrogen-bond donors (Lipinski definition) is 2. The summed E-state index contributed by atoms with van der Waals surface area (Å²) in [7, 11) is 0. The van der Waals surface area contributed by atoms with E-state index in [1.807, 2.05) is 38.1 Å². The summed E-state index contributed by atoms with van der Waals surface area (Å²) in [5.41, 5.74) is 0.756. The number of aryl methyl sites for hydroxylation is 1. The first-order valence-electron chi connectivity index (χ1n) is 8.72. The highest BCUT2D eigenvalue weighted by molar-refractivity contribution is 7.80. The van der Waals surface area contributed by atoms with Gasteiger partial charge < -0.3 is 15.4 Å². The second kappa shape index (κ2) is 9.60. The Balaban J connectivity index is 1.77. The maximum absolute atomic E-state index is 12.7. The summed E-state index contributed by atoms with van der Waals surface area (Å²) in [5, 5.41) is 6.10. The first-order valence-corrected chi connectivity index (χ1v) is 9.12. The lowest BCUT2D eigenvalue weighted by Crippen LogP contribution is -2.29. The number of anilines is 1. The van der Waals surface area contributed by atoms with Gasteiger partial charge in [0.05, 0.1) is 11.7 Å². The van der Waals surface area contributed by atoms with E-state index in [1.54, 1.807) is 6.07 Å². The van der Waals surface area contributed by atoms with Crippen LogP contribution in [0, 0.1) is 0 Å². The van der Waals surface area contributed by atoms with Gasteiger partial charge in [-0.15, -0.1) is 0 Å². The molecule has 0 bridgehead atoms. The monoisotopic (exact) mass is 396 g/mol. The Hall–Kier alpha value is -2.28. The van der Waals surface area contributed by atoms with Crippen LogP contribution >= 0.6 is 12.2 Å². The maximum Gasteiger partial charge on any atom is 0.416 e. The lowest BCUT2D eigenvalue weighted by Gasteiger charge is -2.13. The molecule has 0 heterocycles. The van der Waals surface area contributed by atoms with Crippen LogP contribution in [0.15, 0.2) is 48.5 Å². The number of rotatable bonds is 7. The van der Waals surface area contributed by atoms with Crippen LogP contribution in [0.3, 0.4) is 0 Å². The molecule has 2 N–H and O–H groups in total. The Kier molecular flexibility index (Phi) is 7.47. The molecule has 7 heteroatoms. The molecule has 0 aliphatic heterocycles. The summed E-state index contributed by atoms with van der Waals surface area (Å²) in [5.74, 6) is 0.845. The zero-order valence-corrected chi connectivity index (χ0v) is 16.1. The lowest BCUT2D eigenvalue weighted by molar-refractivity contribution is -0.137. The fourth-order valence-corrected chi connectivity index (χ4v) is 2.71. The van der Waals surface area contributed by atoms with Gasteiger partial charge in [-0.25, -0.2) is 0 Å². The van der Waals surface area contributed by atoms with Gasteiger partial charge in [0, 0.05) is 12.2 Å². The van der Waals surface area contributed by atoms with Crippen LogP contribution in [-0.4, -0.2) is 17.8 Å². The molecule has 0 saturated carbocycles. The third kappa shape index (κ3) is 7.46. The molecule has 0 unspecified atom stereocenters. The van der Waals surface area contributed by atoms with Crippen LogP contribution in [0.1, 0.15) is 31.4 Å². The van der Waals surface area contributed by atoms with Crippen molar-refractivity contribution in [2.24, 2.45) is 0 Å². The minimum Gasteiger partial charge on any atom is -0.491 e. The van der Waals surface area contributed by atoms with E-state index in [0.29, 0.717) is 17.3 Å². The second-order valence-electron chi connectivity index (χ2n) is 6.38. The molecule has 0 saturated heterocycles. The van der Waals surface area contributed by atoms with Crippen LogP contribution in [0.2, 0.25) is 0 Å². The van der Waals surface area contributed by atoms with E-state index in [9.17, 15) is 13.2 Å². The van der Waals surface area contributed by atoms with E-state index in [1.165, 1.54) is 6.07 Å². The van der Waals surface area contributed by atoms with Crippen molar-refractivity contribution >= 4 is 23.0 Å². The van der Waals surface area contributed by atoms with Crippen molar-refractivity contribution in [2.75, 3.05) is 11.9 Å². The Bertz CT molecular complexity index is 763. The second-order valence-corrected chi connectivity index (χ2v) is 6.79. The van der Waals surface area contributed by atoms with Gasteiger partial charge in [-0.2, -0.15) is 13.2 Å². The van der Waals surface area contributed by atoms with Gasteiger partial charge in [0.2, 0.25) is 0 Å². The summed E-state index contributed by atoms with van der Waals surface area (Å²) < 4.78 is 43.9. The van der Waals surface area contributed by atoms with Crippen LogP contribution in [0.4, 0.5) is 18.9 Å². The van der Waals surface area contributed by atoms with Gasteiger partial charge in [0.25, 0.3) is 0 Å². The summed E-state index contributed by atoms with van der Waals surface area (Å²) in [4.78, 5) is 0. The SMILES string of the molecule is CC(C)Oc1cccc(CCCNC(=S)Nc2cccc(C(F)(F)F)c2)c1. The third-order valence-electron chi connectivity index (χ3n) is 3.65. The molecule has 0 atom stereocenters. The molecule has 2 aromatic carbocycles. The molecule has 0 aliphatic rings. The zero-order valence-electron chi connectivity index (χ0n) is 15.3. The molecular formula is C20H23F3N2OS. The molecule has 2 aromatic rings. The highest BCUT2D eigenvalue weighted by Gasteiger charge is 2.30. The van der Waals surface area contributed by atoms with Gasteiger partial charge in [-0.05, 0) is 74.8 Å². The van der Waals surface area contributed by atoms with Crippen molar-refractivity contribution in [2.45, 2.75) is 39.0 Å². The third-order valence-corrected chi connectivity index (χ3v) is 3.89. The van der Waals surface area contributed by atoms with Gasteiger partial charge in [0.15, 0.2) is 5.11 Å². The molecule has 0 fully saturated rings. The van der Waals surface area contributed by atoms with Crippen LogP contribution in [0.5, 0.6) is 5.75 Å². The molecule has 3 nitrogen and oxygen atoms in total. The molecule has 0 amide bonds. The highest BCUT2D eigenvalue weighted by Crippen LogP contribution is 2.30. The van der Waals surface area contributed by atoms with E-state index in [0.717, 1.165) is 36.3 Å². The average Bonchev–Trinajstić information content (AvgIpc) is 2.58. The van der Waals surface area contributed by atoms with E-state index in [4.69, 9.17) is 17.0 Å². The van der Waals surface area contributed by atoms with Crippen LogP contribution < -0.4 is 15.4 Å². The number of thiocarbonyl (C=S) groups is 1. The Labute approximate surface area is 162 Å². The van der Waals surface area contributed by atoms with Crippen LogP contribution in [-0.2, 0) is 12.6 Å². The molecule has 146 valence electrons. The number of nitrogens with one attached hydrogen (secondary N) is 2. The van der Waals surface area contributed by atoms with Gasteiger partial charge >= 0.3 is 6.18 Å². The number of hydrogen-bond acceptors (Lipinski definition) is 2. The maximum atomic E-state index is 12.7. The molecule has 0 aromatic heterocycles. The minimum atomic E-state index is -4.37. The standard InChI is InChI=1S/C20H23F3N2OS/c1-14(2)26-18-10-3-6-15(12-18)7-5-11-24-19(27)25-17-9-4-8-16(13-17)20(21,22)23/h3-4,6,8-10,12-14H,5,7,11H2,1-2H3,(H2,24,25,27).